The number of carbonyl (C=O) groups is 1. The van der Waals surface area contributed by atoms with Crippen molar-refractivity contribution in [2.75, 3.05) is 6.61 Å². The molecule has 0 aliphatic carbocycles. The molecule has 1 atom stereocenters. The summed E-state index contributed by atoms with van der Waals surface area (Å²) in [6.45, 7) is 7.04. The lowest BCUT2D eigenvalue weighted by atomic mass is 10.1. The zero-order chi connectivity index (χ0) is 12.9. The van der Waals surface area contributed by atoms with Crippen LogP contribution in [0.15, 0.2) is 0 Å². The van der Waals surface area contributed by atoms with E-state index in [0.717, 1.165) is 12.8 Å². The number of carbonyl (C=O) groups excluding carboxylic acids is 1. The minimum atomic E-state index is -0.0228. The molecule has 0 fully saturated rings. The fraction of sp³-hybridized carbons (Fsp3) is 0.933. The summed E-state index contributed by atoms with van der Waals surface area (Å²) in [5.74, 6) is 0.432. The quantitative estimate of drug-likeness (QED) is 0.387. The van der Waals surface area contributed by atoms with E-state index in [1.54, 1.807) is 0 Å². The number of unbranched alkanes of at least 4 members (excludes halogenated alkanes) is 6. The van der Waals surface area contributed by atoms with E-state index in [0.29, 0.717) is 18.9 Å². The molecule has 0 aromatic heterocycles. The number of esters is 1. The summed E-state index contributed by atoms with van der Waals surface area (Å²) < 4.78 is 5.20. The van der Waals surface area contributed by atoms with Gasteiger partial charge in [0, 0.05) is 6.42 Å². The summed E-state index contributed by atoms with van der Waals surface area (Å²) in [7, 11) is 0. The van der Waals surface area contributed by atoms with Crippen LogP contribution in [0.2, 0.25) is 0 Å². The molecule has 102 valence electrons. The van der Waals surface area contributed by atoms with E-state index in [4.69, 9.17) is 4.74 Å². The van der Waals surface area contributed by atoms with Crippen molar-refractivity contribution in [1.29, 1.82) is 0 Å². The van der Waals surface area contributed by atoms with Gasteiger partial charge < -0.3 is 4.74 Å². The van der Waals surface area contributed by atoms with Gasteiger partial charge in [0.25, 0.3) is 0 Å². The van der Waals surface area contributed by atoms with Crippen molar-refractivity contribution in [3.05, 3.63) is 0 Å². The highest BCUT2D eigenvalue weighted by Gasteiger charge is 2.07. The molecule has 0 bridgehead atoms. The van der Waals surface area contributed by atoms with Crippen molar-refractivity contribution in [2.45, 2.75) is 78.6 Å². The van der Waals surface area contributed by atoms with Crippen LogP contribution < -0.4 is 0 Å². The van der Waals surface area contributed by atoms with E-state index in [1.165, 1.54) is 38.5 Å². The zero-order valence-electron chi connectivity index (χ0n) is 12.0. The fourth-order valence-electron chi connectivity index (χ4n) is 1.73. The highest BCUT2D eigenvalue weighted by atomic mass is 16.5. The summed E-state index contributed by atoms with van der Waals surface area (Å²) in [5, 5.41) is 0. The normalized spacial score (nSPS) is 12.4. The lowest BCUT2D eigenvalue weighted by Gasteiger charge is -2.08. The molecule has 0 aliphatic heterocycles. The second-order valence-corrected chi connectivity index (χ2v) is 5.06. The van der Waals surface area contributed by atoms with E-state index in [2.05, 4.69) is 20.8 Å². The largest absolute Gasteiger partial charge is 0.466 e. The SMILES string of the molecule is CCCCCCCCCOC(=O)CC(C)CC. The van der Waals surface area contributed by atoms with Crippen LogP contribution in [0.4, 0.5) is 0 Å². The Balaban J connectivity index is 3.19. The Labute approximate surface area is 107 Å². The molecule has 0 saturated carbocycles. The Morgan fingerprint density at radius 1 is 1.00 bits per heavy atom. The molecule has 0 aliphatic rings. The van der Waals surface area contributed by atoms with Crippen LogP contribution in [-0.2, 0) is 9.53 Å². The Morgan fingerprint density at radius 2 is 1.59 bits per heavy atom. The lowest BCUT2D eigenvalue weighted by molar-refractivity contribution is -0.144. The van der Waals surface area contributed by atoms with E-state index < -0.39 is 0 Å². The van der Waals surface area contributed by atoms with Gasteiger partial charge in [-0.1, -0.05) is 65.7 Å². The van der Waals surface area contributed by atoms with Gasteiger partial charge in [-0.05, 0) is 12.3 Å². The van der Waals surface area contributed by atoms with Gasteiger partial charge in [0.05, 0.1) is 6.61 Å². The standard InChI is InChI=1S/C15H30O2/c1-4-6-7-8-9-10-11-12-17-15(16)13-14(3)5-2/h14H,4-13H2,1-3H3. The lowest BCUT2D eigenvalue weighted by Crippen LogP contribution is -2.09. The van der Waals surface area contributed by atoms with Crippen LogP contribution in [0.3, 0.4) is 0 Å². The maximum absolute atomic E-state index is 11.4. The number of hydrogen-bond acceptors (Lipinski definition) is 2. The molecular formula is C15H30O2. The highest BCUT2D eigenvalue weighted by Crippen LogP contribution is 2.09. The van der Waals surface area contributed by atoms with Crippen LogP contribution in [0.25, 0.3) is 0 Å². The molecular weight excluding hydrogens is 212 g/mol. The molecule has 0 N–H and O–H groups in total. The average molecular weight is 242 g/mol. The molecule has 0 amide bonds. The second kappa shape index (κ2) is 11.9. The molecule has 1 unspecified atom stereocenters. The van der Waals surface area contributed by atoms with E-state index in [-0.39, 0.29) is 5.97 Å². The third-order valence-corrected chi connectivity index (χ3v) is 3.22. The molecule has 0 aromatic rings. The van der Waals surface area contributed by atoms with Crippen LogP contribution in [0, 0.1) is 5.92 Å². The van der Waals surface area contributed by atoms with Gasteiger partial charge in [-0.15, -0.1) is 0 Å². The summed E-state index contributed by atoms with van der Waals surface area (Å²) in [6, 6.07) is 0. The fourth-order valence-corrected chi connectivity index (χ4v) is 1.73. The smallest absolute Gasteiger partial charge is 0.306 e. The third kappa shape index (κ3) is 11.7. The van der Waals surface area contributed by atoms with Gasteiger partial charge in [0.15, 0.2) is 0 Å². The molecule has 2 heteroatoms. The van der Waals surface area contributed by atoms with Crippen molar-refractivity contribution in [2.24, 2.45) is 5.92 Å². The van der Waals surface area contributed by atoms with Crippen molar-refractivity contribution < 1.29 is 9.53 Å². The van der Waals surface area contributed by atoms with E-state index >= 15 is 0 Å². The molecule has 17 heavy (non-hydrogen) atoms. The third-order valence-electron chi connectivity index (χ3n) is 3.22. The van der Waals surface area contributed by atoms with E-state index in [9.17, 15) is 4.79 Å². The average Bonchev–Trinajstić information content (AvgIpc) is 2.32. The first-order chi connectivity index (χ1) is 8.20. The Morgan fingerprint density at radius 3 is 2.18 bits per heavy atom. The first kappa shape index (κ1) is 16.5. The summed E-state index contributed by atoms with van der Waals surface area (Å²) >= 11 is 0. The maximum Gasteiger partial charge on any atom is 0.306 e. The van der Waals surface area contributed by atoms with Gasteiger partial charge in [-0.2, -0.15) is 0 Å². The van der Waals surface area contributed by atoms with Crippen LogP contribution in [-0.4, -0.2) is 12.6 Å². The highest BCUT2D eigenvalue weighted by molar-refractivity contribution is 5.69. The van der Waals surface area contributed by atoms with Crippen LogP contribution in [0.1, 0.15) is 78.6 Å². The monoisotopic (exact) mass is 242 g/mol. The molecule has 0 radical (unpaired) electrons. The van der Waals surface area contributed by atoms with Gasteiger partial charge in [0.2, 0.25) is 0 Å². The first-order valence-electron chi connectivity index (χ1n) is 7.36. The van der Waals surface area contributed by atoms with Crippen molar-refractivity contribution in [1.82, 2.24) is 0 Å². The van der Waals surface area contributed by atoms with Gasteiger partial charge in [-0.3, -0.25) is 4.79 Å². The van der Waals surface area contributed by atoms with Crippen molar-refractivity contribution >= 4 is 5.97 Å². The van der Waals surface area contributed by atoms with Crippen molar-refractivity contribution in [3.8, 4) is 0 Å². The molecule has 0 spiro atoms. The maximum atomic E-state index is 11.4. The minimum absolute atomic E-state index is 0.0228. The predicted molar refractivity (Wildman–Crippen MR) is 73.0 cm³/mol. The zero-order valence-corrected chi connectivity index (χ0v) is 12.0. The molecule has 0 heterocycles. The summed E-state index contributed by atoms with van der Waals surface area (Å²) in [5.41, 5.74) is 0. The molecule has 0 aromatic carbocycles. The Hall–Kier alpha value is -0.530. The van der Waals surface area contributed by atoms with E-state index in [1.807, 2.05) is 0 Å². The summed E-state index contributed by atoms with van der Waals surface area (Å²) in [6.07, 6.45) is 10.5. The van der Waals surface area contributed by atoms with Gasteiger partial charge >= 0.3 is 5.97 Å². The van der Waals surface area contributed by atoms with Gasteiger partial charge in [-0.25, -0.2) is 0 Å². The topological polar surface area (TPSA) is 26.3 Å². The molecule has 0 saturated heterocycles. The summed E-state index contributed by atoms with van der Waals surface area (Å²) in [4.78, 5) is 11.4. The first-order valence-corrected chi connectivity index (χ1v) is 7.36. The predicted octanol–water partition coefficient (Wildman–Crippen LogP) is 4.72. The number of hydrogen-bond donors (Lipinski definition) is 0. The number of ether oxygens (including phenoxy) is 1. The van der Waals surface area contributed by atoms with Crippen LogP contribution in [0.5, 0.6) is 0 Å². The minimum Gasteiger partial charge on any atom is -0.466 e. The Kier molecular flexibility index (Phi) is 11.6. The Bertz CT molecular complexity index is 178. The molecule has 2 nitrogen and oxygen atoms in total. The second-order valence-electron chi connectivity index (χ2n) is 5.06. The van der Waals surface area contributed by atoms with Crippen molar-refractivity contribution in [3.63, 3.8) is 0 Å². The van der Waals surface area contributed by atoms with Crippen LogP contribution >= 0.6 is 0 Å². The molecule has 0 rings (SSSR count). The number of rotatable bonds is 11. The van der Waals surface area contributed by atoms with Gasteiger partial charge in [0.1, 0.15) is 0 Å².